The second-order valence-electron chi connectivity index (χ2n) is 2.30. The van der Waals surface area contributed by atoms with Crippen LogP contribution in [-0.4, -0.2) is 24.4 Å². The van der Waals surface area contributed by atoms with Crippen molar-refractivity contribution in [2.45, 2.75) is 6.92 Å². The largest absolute Gasteiger partial charge is 0.341 e. The van der Waals surface area contributed by atoms with Crippen LogP contribution in [0.4, 0.5) is 0 Å². The zero-order valence-corrected chi connectivity index (χ0v) is 7.52. The Morgan fingerprint density at radius 3 is 2.91 bits per heavy atom. The molecule has 0 aliphatic rings. The number of amides is 1. The van der Waals surface area contributed by atoms with E-state index in [9.17, 15) is 4.79 Å². The molecule has 0 radical (unpaired) electrons. The maximum Gasteiger partial charge on any atom is 0.263 e. The first kappa shape index (κ1) is 8.27. The van der Waals surface area contributed by atoms with Gasteiger partial charge in [-0.05, 0) is 18.4 Å². The van der Waals surface area contributed by atoms with Crippen molar-refractivity contribution in [1.82, 2.24) is 4.90 Å². The summed E-state index contributed by atoms with van der Waals surface area (Å²) in [4.78, 5) is 13.9. The van der Waals surface area contributed by atoms with Gasteiger partial charge in [0.2, 0.25) is 0 Å². The molecule has 0 aliphatic heterocycles. The summed E-state index contributed by atoms with van der Waals surface area (Å²) in [5.41, 5.74) is 0. The van der Waals surface area contributed by atoms with E-state index in [0.717, 1.165) is 11.4 Å². The first-order valence-corrected chi connectivity index (χ1v) is 4.42. The molecule has 0 saturated carbocycles. The van der Waals surface area contributed by atoms with E-state index in [1.165, 1.54) is 11.3 Å². The molecule has 3 heteroatoms. The van der Waals surface area contributed by atoms with Crippen LogP contribution in [0.3, 0.4) is 0 Å². The summed E-state index contributed by atoms with van der Waals surface area (Å²) in [6.07, 6.45) is 0. The fourth-order valence-electron chi connectivity index (χ4n) is 0.732. The number of carbonyl (C=O) groups is 1. The van der Waals surface area contributed by atoms with E-state index in [1.807, 2.05) is 31.5 Å². The van der Waals surface area contributed by atoms with E-state index in [-0.39, 0.29) is 5.91 Å². The Bertz CT molecular complexity index is 230. The highest BCUT2D eigenvalue weighted by atomic mass is 32.1. The Kier molecular flexibility index (Phi) is 2.65. The Morgan fingerprint density at radius 1 is 1.73 bits per heavy atom. The first-order chi connectivity index (χ1) is 5.25. The number of carbonyl (C=O) groups excluding carboxylic acids is 1. The van der Waals surface area contributed by atoms with Crippen LogP contribution in [0.5, 0.6) is 0 Å². The highest BCUT2D eigenvalue weighted by molar-refractivity contribution is 7.12. The smallest absolute Gasteiger partial charge is 0.263 e. The van der Waals surface area contributed by atoms with Crippen LogP contribution in [0, 0.1) is 0 Å². The molecule has 0 fully saturated rings. The van der Waals surface area contributed by atoms with Gasteiger partial charge in [-0.2, -0.15) is 0 Å². The molecule has 1 aromatic heterocycles. The number of thiophene rings is 1. The molecule has 0 saturated heterocycles. The third-order valence-electron chi connectivity index (χ3n) is 1.55. The molecule has 0 bridgehead atoms. The molecule has 0 N–H and O–H groups in total. The minimum Gasteiger partial charge on any atom is -0.341 e. The van der Waals surface area contributed by atoms with E-state index in [4.69, 9.17) is 0 Å². The molecule has 1 heterocycles. The van der Waals surface area contributed by atoms with Crippen LogP contribution in [0.2, 0.25) is 0 Å². The van der Waals surface area contributed by atoms with Gasteiger partial charge in [-0.3, -0.25) is 4.79 Å². The second kappa shape index (κ2) is 3.53. The van der Waals surface area contributed by atoms with Gasteiger partial charge in [0.15, 0.2) is 0 Å². The predicted octanol–water partition coefficient (Wildman–Crippen LogP) is 1.84. The number of hydrogen-bond donors (Lipinski definition) is 0. The lowest BCUT2D eigenvalue weighted by molar-refractivity contribution is 0.0807. The molecule has 0 aromatic carbocycles. The SMILES string of the molecule is CCN(C)C(=O)c1cccs1. The quantitative estimate of drug-likeness (QED) is 0.661. The van der Waals surface area contributed by atoms with Crippen LogP contribution < -0.4 is 0 Å². The Hall–Kier alpha value is -0.830. The lowest BCUT2D eigenvalue weighted by Gasteiger charge is -2.12. The van der Waals surface area contributed by atoms with Gasteiger partial charge in [0.1, 0.15) is 0 Å². The molecule has 0 atom stereocenters. The molecule has 2 nitrogen and oxygen atoms in total. The van der Waals surface area contributed by atoms with E-state index in [2.05, 4.69) is 0 Å². The standard InChI is InChI=1S/C8H11NOS/c1-3-9(2)8(10)7-5-4-6-11-7/h4-6H,3H2,1-2H3. The molecule has 1 amide bonds. The minimum atomic E-state index is 0.113. The Labute approximate surface area is 70.5 Å². The van der Waals surface area contributed by atoms with E-state index >= 15 is 0 Å². The molecule has 11 heavy (non-hydrogen) atoms. The van der Waals surface area contributed by atoms with Crippen molar-refractivity contribution in [1.29, 1.82) is 0 Å². The number of nitrogens with zero attached hydrogens (tertiary/aromatic N) is 1. The van der Waals surface area contributed by atoms with Crippen molar-refractivity contribution < 1.29 is 4.79 Å². The highest BCUT2D eigenvalue weighted by Gasteiger charge is 2.09. The zero-order valence-electron chi connectivity index (χ0n) is 6.70. The van der Waals surface area contributed by atoms with Crippen LogP contribution in [0.25, 0.3) is 0 Å². The van der Waals surface area contributed by atoms with Crippen LogP contribution >= 0.6 is 11.3 Å². The van der Waals surface area contributed by atoms with Gasteiger partial charge in [-0.25, -0.2) is 0 Å². The maximum atomic E-state index is 11.4. The maximum absolute atomic E-state index is 11.4. The summed E-state index contributed by atoms with van der Waals surface area (Å²) in [6, 6.07) is 3.74. The van der Waals surface area contributed by atoms with Crippen molar-refractivity contribution in [2.24, 2.45) is 0 Å². The van der Waals surface area contributed by atoms with Gasteiger partial charge in [0.05, 0.1) is 4.88 Å². The minimum absolute atomic E-state index is 0.113. The fraction of sp³-hybridized carbons (Fsp3) is 0.375. The van der Waals surface area contributed by atoms with Gasteiger partial charge in [-0.15, -0.1) is 11.3 Å². The summed E-state index contributed by atoms with van der Waals surface area (Å²) >= 11 is 1.48. The molecule has 60 valence electrons. The summed E-state index contributed by atoms with van der Waals surface area (Å²) < 4.78 is 0. The topological polar surface area (TPSA) is 20.3 Å². The van der Waals surface area contributed by atoms with Crippen LogP contribution in [0.15, 0.2) is 17.5 Å². The van der Waals surface area contributed by atoms with Gasteiger partial charge in [0, 0.05) is 13.6 Å². The van der Waals surface area contributed by atoms with Crippen molar-refractivity contribution in [3.8, 4) is 0 Å². The Morgan fingerprint density at radius 2 is 2.45 bits per heavy atom. The lowest BCUT2D eigenvalue weighted by atomic mass is 10.4. The zero-order chi connectivity index (χ0) is 8.27. The molecular weight excluding hydrogens is 158 g/mol. The average Bonchev–Trinajstić information content (AvgIpc) is 2.53. The Balaban J connectivity index is 2.70. The first-order valence-electron chi connectivity index (χ1n) is 3.54. The summed E-state index contributed by atoms with van der Waals surface area (Å²) in [6.45, 7) is 2.72. The predicted molar refractivity (Wildman–Crippen MR) is 47.0 cm³/mol. The molecule has 1 rings (SSSR count). The molecular formula is C8H11NOS. The monoisotopic (exact) mass is 169 g/mol. The van der Waals surface area contributed by atoms with Gasteiger partial charge >= 0.3 is 0 Å². The number of rotatable bonds is 2. The van der Waals surface area contributed by atoms with E-state index in [0.29, 0.717) is 0 Å². The lowest BCUT2D eigenvalue weighted by Crippen LogP contribution is -2.25. The van der Waals surface area contributed by atoms with Crippen LogP contribution in [0.1, 0.15) is 16.6 Å². The average molecular weight is 169 g/mol. The van der Waals surface area contributed by atoms with Crippen molar-refractivity contribution in [3.05, 3.63) is 22.4 Å². The summed E-state index contributed by atoms with van der Waals surface area (Å²) in [7, 11) is 1.81. The fourth-order valence-corrected chi connectivity index (χ4v) is 1.45. The molecule has 1 aromatic rings. The highest BCUT2D eigenvalue weighted by Crippen LogP contribution is 2.10. The van der Waals surface area contributed by atoms with Crippen molar-refractivity contribution in [2.75, 3.05) is 13.6 Å². The normalized spacial score (nSPS) is 9.64. The van der Waals surface area contributed by atoms with Crippen LogP contribution in [-0.2, 0) is 0 Å². The summed E-state index contributed by atoms with van der Waals surface area (Å²) in [5.74, 6) is 0.113. The van der Waals surface area contributed by atoms with E-state index < -0.39 is 0 Å². The van der Waals surface area contributed by atoms with Crippen molar-refractivity contribution >= 4 is 17.2 Å². The van der Waals surface area contributed by atoms with Gasteiger partial charge < -0.3 is 4.90 Å². The van der Waals surface area contributed by atoms with Gasteiger partial charge in [0.25, 0.3) is 5.91 Å². The van der Waals surface area contributed by atoms with Crippen molar-refractivity contribution in [3.63, 3.8) is 0 Å². The third kappa shape index (κ3) is 1.80. The second-order valence-corrected chi connectivity index (χ2v) is 3.24. The summed E-state index contributed by atoms with van der Waals surface area (Å²) in [5, 5.41) is 1.91. The number of hydrogen-bond acceptors (Lipinski definition) is 2. The van der Waals surface area contributed by atoms with E-state index in [1.54, 1.807) is 4.90 Å². The molecule has 0 unspecified atom stereocenters. The van der Waals surface area contributed by atoms with Gasteiger partial charge in [-0.1, -0.05) is 6.07 Å². The third-order valence-corrected chi connectivity index (χ3v) is 2.41. The molecule has 0 spiro atoms. The molecule has 0 aliphatic carbocycles.